The quantitative estimate of drug-likeness (QED) is 0.0799. The van der Waals surface area contributed by atoms with Crippen LogP contribution < -0.4 is 0 Å². The molecular weight excluding hydrogens is 875 g/mol. The Morgan fingerprint density at radius 1 is 0.891 bits per heavy atom. The van der Waals surface area contributed by atoms with Crippen LogP contribution in [-0.2, 0) is 36.7 Å². The van der Waals surface area contributed by atoms with E-state index in [1.54, 1.807) is 11.3 Å². The van der Waals surface area contributed by atoms with Crippen LogP contribution in [0.25, 0.3) is 53.7 Å². The Morgan fingerprint density at radius 3 is 2.16 bits per heavy atom. The van der Waals surface area contributed by atoms with Crippen LogP contribution in [0.15, 0.2) is 83.1 Å². The number of thiophene rings is 1. The van der Waals surface area contributed by atoms with Gasteiger partial charge in [-0.25, -0.2) is 0 Å². The standard InChI is InChI=1S/C34H32NOS.C15H28O2.Ir/c1-20(2)15-22-11-12-24-19-30(36-29(24)16-22)32-21(3)26-13-14-35-31(33(26)37-32)25-17-23-9-7-8-10-27(23)28(18-25)34(4,5)6;1-7-14(5,8-2)12(16)11-13(17)15(6,9-3)10-4;/h7-14,16,18-20H,15H2,1-6H3;11,16H,7-10H2,1-6H3;/q-1;;/b;12-11-;. The second-order valence-electron chi connectivity index (χ2n) is 17.0. The molecule has 4 nitrogen and oxygen atoms in total. The van der Waals surface area contributed by atoms with Crippen molar-refractivity contribution in [2.24, 2.45) is 16.7 Å². The number of aromatic nitrogens is 1. The fourth-order valence-corrected chi connectivity index (χ4v) is 8.28. The number of carbonyl (C=O) groups is 1. The van der Waals surface area contributed by atoms with E-state index in [0.717, 1.165) is 65.5 Å². The zero-order valence-electron chi connectivity index (χ0n) is 35.0. The second kappa shape index (κ2) is 17.7. The summed E-state index contributed by atoms with van der Waals surface area (Å²) in [5, 5.41) is 14.9. The summed E-state index contributed by atoms with van der Waals surface area (Å²) in [5.41, 5.74) is 6.28. The molecule has 3 aromatic heterocycles. The summed E-state index contributed by atoms with van der Waals surface area (Å²) in [7, 11) is 0. The molecule has 0 saturated carbocycles. The molecule has 0 spiro atoms. The van der Waals surface area contributed by atoms with Crippen LogP contribution in [-0.4, -0.2) is 15.9 Å². The molecule has 1 radical (unpaired) electrons. The molecule has 0 atom stereocenters. The van der Waals surface area contributed by atoms with Crippen molar-refractivity contribution in [3.8, 4) is 21.9 Å². The van der Waals surface area contributed by atoms with E-state index in [9.17, 15) is 9.90 Å². The number of allylic oxidation sites excluding steroid dienone is 2. The van der Waals surface area contributed by atoms with Crippen molar-refractivity contribution in [3.05, 3.63) is 101 Å². The van der Waals surface area contributed by atoms with Crippen LogP contribution in [0.3, 0.4) is 0 Å². The average molecular weight is 935 g/mol. The van der Waals surface area contributed by atoms with E-state index in [1.807, 2.05) is 47.7 Å². The molecule has 0 bridgehead atoms. The summed E-state index contributed by atoms with van der Waals surface area (Å²) in [4.78, 5) is 18.2. The topological polar surface area (TPSA) is 63.3 Å². The Balaban J connectivity index is 0.000000320. The predicted molar refractivity (Wildman–Crippen MR) is 232 cm³/mol. The Kier molecular flexibility index (Phi) is 14.2. The van der Waals surface area contributed by atoms with Gasteiger partial charge in [0.2, 0.25) is 0 Å². The fraction of sp³-hybridized carbons (Fsp3) is 0.429. The van der Waals surface area contributed by atoms with Gasteiger partial charge in [0.15, 0.2) is 5.78 Å². The van der Waals surface area contributed by atoms with Crippen LogP contribution in [0.2, 0.25) is 0 Å². The van der Waals surface area contributed by atoms with Crippen LogP contribution in [0, 0.1) is 29.7 Å². The van der Waals surface area contributed by atoms with Crippen LogP contribution >= 0.6 is 11.3 Å². The van der Waals surface area contributed by atoms with Crippen molar-refractivity contribution < 1.29 is 34.4 Å². The Bertz CT molecular complexity index is 2290. The Hall–Kier alpha value is -3.57. The van der Waals surface area contributed by atoms with Crippen LogP contribution in [0.1, 0.15) is 119 Å². The number of hydrogen-bond acceptors (Lipinski definition) is 5. The van der Waals surface area contributed by atoms with Crippen molar-refractivity contribution in [3.63, 3.8) is 0 Å². The van der Waals surface area contributed by atoms with E-state index in [-0.39, 0.29) is 47.9 Å². The number of carbonyl (C=O) groups excluding carboxylic acids is 1. The van der Waals surface area contributed by atoms with Gasteiger partial charge in [-0.2, -0.15) is 0 Å². The summed E-state index contributed by atoms with van der Waals surface area (Å²) in [6, 6.07) is 25.4. The second-order valence-corrected chi connectivity index (χ2v) is 18.0. The molecule has 0 aliphatic carbocycles. The first-order valence-electron chi connectivity index (χ1n) is 19.8. The van der Waals surface area contributed by atoms with Crippen molar-refractivity contribution in [2.75, 3.05) is 0 Å². The maximum Gasteiger partial charge on any atom is 0.164 e. The minimum absolute atomic E-state index is 0. The van der Waals surface area contributed by atoms with Gasteiger partial charge in [-0.1, -0.05) is 117 Å². The fourth-order valence-electron chi connectivity index (χ4n) is 7.02. The number of rotatable bonds is 11. The van der Waals surface area contributed by atoms with E-state index in [2.05, 4.69) is 108 Å². The van der Waals surface area contributed by atoms with E-state index in [4.69, 9.17) is 9.40 Å². The third kappa shape index (κ3) is 9.36. The molecule has 6 rings (SSSR count). The van der Waals surface area contributed by atoms with E-state index < -0.39 is 0 Å². The zero-order valence-corrected chi connectivity index (χ0v) is 38.2. The molecule has 3 heterocycles. The normalized spacial score (nSPS) is 12.6. The minimum atomic E-state index is -0.337. The summed E-state index contributed by atoms with van der Waals surface area (Å²) < 4.78 is 7.62. The monoisotopic (exact) mass is 935 g/mol. The number of nitrogens with zero attached hydrogens (tertiary/aromatic N) is 1. The number of ketones is 1. The molecule has 6 heteroatoms. The number of aliphatic hydroxyl groups excluding tert-OH is 1. The van der Waals surface area contributed by atoms with Gasteiger partial charge in [0.1, 0.15) is 17.1 Å². The molecule has 55 heavy (non-hydrogen) atoms. The summed E-state index contributed by atoms with van der Waals surface area (Å²) >= 11 is 1.77. The van der Waals surface area contributed by atoms with Crippen molar-refractivity contribution in [1.29, 1.82) is 0 Å². The van der Waals surface area contributed by atoms with Gasteiger partial charge in [0.25, 0.3) is 0 Å². The minimum Gasteiger partial charge on any atom is -0.512 e. The number of pyridine rings is 1. The molecule has 0 fully saturated rings. The van der Waals surface area contributed by atoms with Crippen molar-refractivity contribution >= 4 is 48.9 Å². The molecule has 1 N–H and O–H groups in total. The van der Waals surface area contributed by atoms with E-state index >= 15 is 0 Å². The number of hydrogen-bond donors (Lipinski definition) is 1. The maximum absolute atomic E-state index is 12.2. The summed E-state index contributed by atoms with van der Waals surface area (Å²) in [6.07, 6.45) is 7.74. The zero-order chi connectivity index (χ0) is 39.6. The molecule has 0 aliphatic heterocycles. The maximum atomic E-state index is 12.2. The van der Waals surface area contributed by atoms with Crippen LogP contribution in [0.4, 0.5) is 0 Å². The molecule has 0 unspecified atom stereocenters. The molecule has 0 saturated heterocycles. The molecule has 6 aromatic rings. The Labute approximate surface area is 347 Å². The predicted octanol–water partition coefficient (Wildman–Crippen LogP) is 14.8. The van der Waals surface area contributed by atoms with Crippen molar-refractivity contribution in [1.82, 2.24) is 4.98 Å². The molecule has 0 aliphatic rings. The molecule has 3 aromatic carbocycles. The van der Waals surface area contributed by atoms with Gasteiger partial charge in [-0.15, -0.1) is 40.5 Å². The number of benzene rings is 3. The third-order valence-corrected chi connectivity index (χ3v) is 13.1. The third-order valence-electron chi connectivity index (χ3n) is 11.7. The number of aryl methyl sites for hydroxylation is 1. The molecule has 0 amide bonds. The van der Waals surface area contributed by atoms with E-state index in [0.29, 0.717) is 5.92 Å². The van der Waals surface area contributed by atoms with Gasteiger partial charge in [-0.3, -0.25) is 9.78 Å². The molecular formula is C49H60IrNO3S-. The van der Waals surface area contributed by atoms with Gasteiger partial charge < -0.3 is 9.52 Å². The largest absolute Gasteiger partial charge is 0.512 e. The smallest absolute Gasteiger partial charge is 0.164 e. The van der Waals surface area contributed by atoms with Gasteiger partial charge >= 0.3 is 0 Å². The molecule has 295 valence electrons. The van der Waals surface area contributed by atoms with Crippen molar-refractivity contribution in [2.45, 2.75) is 121 Å². The average Bonchev–Trinajstić information content (AvgIpc) is 3.73. The number of aliphatic hydroxyl groups is 1. The SMILES string of the molecule is CCC(C)(CC)C(=O)/C=C(\O)C(C)(CC)CC.Cc1c(-c2cc3ccc(CC(C)C)cc3o2)sc2c(-c3[c-]c4ccccc4c(C(C)(C)C)c3)nccc12.[Ir]. The number of fused-ring (bicyclic) bond motifs is 3. The summed E-state index contributed by atoms with van der Waals surface area (Å²) in [6.45, 7) is 25.6. The van der Waals surface area contributed by atoms with Gasteiger partial charge in [0, 0.05) is 59.0 Å². The first-order chi connectivity index (χ1) is 25.5. The summed E-state index contributed by atoms with van der Waals surface area (Å²) in [5.74, 6) is 1.83. The van der Waals surface area contributed by atoms with Gasteiger partial charge in [0.05, 0.1) is 4.88 Å². The van der Waals surface area contributed by atoms with E-state index in [1.165, 1.54) is 43.1 Å². The van der Waals surface area contributed by atoms with Crippen LogP contribution in [0.5, 0.6) is 0 Å². The first kappa shape index (κ1) is 44.1. The van der Waals surface area contributed by atoms with Gasteiger partial charge in [-0.05, 0) is 85.1 Å². The Morgan fingerprint density at radius 2 is 1.55 bits per heavy atom. The number of furan rings is 1. The first-order valence-corrected chi connectivity index (χ1v) is 20.6.